The molecule has 1 heterocycles. The minimum absolute atomic E-state index is 0.0416. The molecule has 1 fully saturated rings. The first-order valence-corrected chi connectivity index (χ1v) is 6.53. The zero-order valence-corrected chi connectivity index (χ0v) is 10.3. The predicted molar refractivity (Wildman–Crippen MR) is 66.0 cm³/mol. The van der Waals surface area contributed by atoms with Crippen LogP contribution < -0.4 is 4.74 Å². The number of hydrogen-bond acceptors (Lipinski definition) is 3. The Morgan fingerprint density at radius 1 is 1.44 bits per heavy atom. The molecule has 0 radical (unpaired) electrons. The maximum atomic E-state index is 11.6. The van der Waals surface area contributed by atoms with Crippen molar-refractivity contribution >= 4 is 29.3 Å². The van der Waals surface area contributed by atoms with Crippen LogP contribution >= 0.6 is 23.4 Å². The molecule has 1 aromatic rings. The lowest BCUT2D eigenvalue weighted by Crippen LogP contribution is -2.32. The Hall–Kier alpha value is -0.870. The first-order chi connectivity index (χ1) is 7.75. The van der Waals surface area contributed by atoms with Gasteiger partial charge in [0.25, 0.3) is 5.91 Å². The Balaban J connectivity index is 1.82. The standard InChI is InChI=1S/C11H12ClNO2S/c12-9-1-3-10(4-2-9)15-7-11(14)13-5-6-16-8-13/h1-4H,5-8H2. The number of ether oxygens (including phenoxy) is 1. The van der Waals surface area contributed by atoms with Crippen LogP contribution in [0.15, 0.2) is 24.3 Å². The van der Waals surface area contributed by atoms with Crippen LogP contribution in [0.3, 0.4) is 0 Å². The highest BCUT2D eigenvalue weighted by Gasteiger charge is 2.18. The molecule has 0 bridgehead atoms. The molecule has 0 atom stereocenters. The van der Waals surface area contributed by atoms with Crippen LogP contribution in [-0.4, -0.2) is 35.6 Å². The molecule has 16 heavy (non-hydrogen) atoms. The highest BCUT2D eigenvalue weighted by molar-refractivity contribution is 7.99. The third kappa shape index (κ3) is 3.06. The zero-order chi connectivity index (χ0) is 11.4. The normalized spacial score (nSPS) is 15.2. The lowest BCUT2D eigenvalue weighted by atomic mass is 10.3. The van der Waals surface area contributed by atoms with E-state index in [1.54, 1.807) is 40.9 Å². The van der Waals surface area contributed by atoms with Crippen LogP contribution in [-0.2, 0) is 4.79 Å². The Bertz CT molecular complexity index is 363. The number of carbonyl (C=O) groups is 1. The maximum Gasteiger partial charge on any atom is 0.261 e. The van der Waals surface area contributed by atoms with Gasteiger partial charge in [-0.3, -0.25) is 4.79 Å². The quantitative estimate of drug-likeness (QED) is 0.832. The minimum atomic E-state index is 0.0416. The summed E-state index contributed by atoms with van der Waals surface area (Å²) in [7, 11) is 0. The van der Waals surface area contributed by atoms with Crippen molar-refractivity contribution in [1.82, 2.24) is 4.90 Å². The van der Waals surface area contributed by atoms with Crippen molar-refractivity contribution in [2.75, 3.05) is 24.8 Å². The lowest BCUT2D eigenvalue weighted by Gasteiger charge is -2.14. The minimum Gasteiger partial charge on any atom is -0.484 e. The maximum absolute atomic E-state index is 11.6. The fourth-order valence-corrected chi connectivity index (χ4v) is 2.48. The third-order valence-corrected chi connectivity index (χ3v) is 3.50. The van der Waals surface area contributed by atoms with Gasteiger partial charge in [0.2, 0.25) is 0 Å². The number of nitrogens with zero attached hydrogens (tertiary/aromatic N) is 1. The summed E-state index contributed by atoms with van der Waals surface area (Å²) in [5.41, 5.74) is 0. The van der Waals surface area contributed by atoms with Crippen LogP contribution in [0, 0.1) is 0 Å². The van der Waals surface area contributed by atoms with Gasteiger partial charge in [-0.15, -0.1) is 11.8 Å². The Morgan fingerprint density at radius 3 is 2.81 bits per heavy atom. The van der Waals surface area contributed by atoms with E-state index in [-0.39, 0.29) is 12.5 Å². The first-order valence-electron chi connectivity index (χ1n) is 4.99. The van der Waals surface area contributed by atoms with Crippen molar-refractivity contribution in [3.05, 3.63) is 29.3 Å². The molecule has 0 spiro atoms. The van der Waals surface area contributed by atoms with Crippen LogP contribution in [0.4, 0.5) is 0 Å². The van der Waals surface area contributed by atoms with Gasteiger partial charge in [0.15, 0.2) is 6.61 Å². The molecule has 0 N–H and O–H groups in total. The van der Waals surface area contributed by atoms with Crippen LogP contribution in [0.5, 0.6) is 5.75 Å². The molecule has 0 aliphatic carbocycles. The molecule has 2 rings (SSSR count). The Kier molecular flexibility index (Phi) is 3.96. The summed E-state index contributed by atoms with van der Waals surface area (Å²) >= 11 is 7.51. The van der Waals surface area contributed by atoms with Crippen molar-refractivity contribution in [1.29, 1.82) is 0 Å². The second kappa shape index (κ2) is 5.46. The third-order valence-electron chi connectivity index (χ3n) is 2.28. The van der Waals surface area contributed by atoms with E-state index in [0.29, 0.717) is 10.8 Å². The fraction of sp³-hybridized carbons (Fsp3) is 0.364. The molecule has 86 valence electrons. The molecular weight excluding hydrogens is 246 g/mol. The summed E-state index contributed by atoms with van der Waals surface area (Å²) < 4.78 is 5.38. The number of halogens is 1. The second-order valence-corrected chi connectivity index (χ2v) is 4.95. The lowest BCUT2D eigenvalue weighted by molar-refractivity contribution is -0.131. The van der Waals surface area contributed by atoms with Crippen LogP contribution in [0.25, 0.3) is 0 Å². The summed E-state index contributed by atoms with van der Waals surface area (Å²) in [6.45, 7) is 0.926. The Labute approximate surface area is 104 Å². The van der Waals surface area contributed by atoms with Crippen LogP contribution in [0.2, 0.25) is 5.02 Å². The predicted octanol–water partition coefficient (Wildman–Crippen LogP) is 2.25. The zero-order valence-electron chi connectivity index (χ0n) is 8.69. The van der Waals surface area contributed by atoms with Gasteiger partial charge in [-0.05, 0) is 24.3 Å². The van der Waals surface area contributed by atoms with Gasteiger partial charge in [0.1, 0.15) is 5.75 Å². The number of rotatable bonds is 3. The SMILES string of the molecule is O=C(COc1ccc(Cl)cc1)N1CCSC1. The van der Waals surface area contributed by atoms with E-state index in [1.165, 1.54) is 0 Å². The van der Waals surface area contributed by atoms with Crippen molar-refractivity contribution < 1.29 is 9.53 Å². The van der Waals surface area contributed by atoms with E-state index in [1.807, 2.05) is 0 Å². The molecule has 1 aliphatic heterocycles. The first kappa shape index (κ1) is 11.6. The van der Waals surface area contributed by atoms with Crippen molar-refractivity contribution in [3.63, 3.8) is 0 Å². The van der Waals surface area contributed by atoms with Gasteiger partial charge in [0.05, 0.1) is 5.88 Å². The van der Waals surface area contributed by atoms with Crippen molar-refractivity contribution in [3.8, 4) is 5.75 Å². The fourth-order valence-electron chi connectivity index (χ4n) is 1.38. The molecular formula is C11H12ClNO2S. The van der Waals surface area contributed by atoms with E-state index in [4.69, 9.17) is 16.3 Å². The summed E-state index contributed by atoms with van der Waals surface area (Å²) in [6.07, 6.45) is 0. The number of benzene rings is 1. The summed E-state index contributed by atoms with van der Waals surface area (Å²) in [5, 5.41) is 0.662. The number of hydrogen-bond donors (Lipinski definition) is 0. The molecule has 3 nitrogen and oxygen atoms in total. The van der Waals surface area contributed by atoms with E-state index < -0.39 is 0 Å². The Morgan fingerprint density at radius 2 is 2.19 bits per heavy atom. The molecule has 5 heteroatoms. The number of carbonyl (C=O) groups excluding carboxylic acids is 1. The average molecular weight is 258 g/mol. The molecule has 0 saturated carbocycles. The monoisotopic (exact) mass is 257 g/mol. The molecule has 1 aromatic carbocycles. The van der Waals surface area contributed by atoms with Gasteiger partial charge in [-0.25, -0.2) is 0 Å². The van der Waals surface area contributed by atoms with Gasteiger partial charge in [0, 0.05) is 17.3 Å². The van der Waals surface area contributed by atoms with E-state index in [0.717, 1.165) is 18.2 Å². The summed E-state index contributed by atoms with van der Waals surface area (Å²) in [4.78, 5) is 13.5. The molecule has 1 amide bonds. The molecule has 0 unspecified atom stereocenters. The molecule has 1 aliphatic rings. The smallest absolute Gasteiger partial charge is 0.261 e. The highest BCUT2D eigenvalue weighted by atomic mass is 35.5. The van der Waals surface area contributed by atoms with Gasteiger partial charge < -0.3 is 9.64 Å². The van der Waals surface area contributed by atoms with Gasteiger partial charge in [-0.1, -0.05) is 11.6 Å². The van der Waals surface area contributed by atoms with E-state index in [9.17, 15) is 4.79 Å². The van der Waals surface area contributed by atoms with Gasteiger partial charge >= 0.3 is 0 Å². The summed E-state index contributed by atoms with van der Waals surface area (Å²) in [5.74, 6) is 2.51. The van der Waals surface area contributed by atoms with Crippen LogP contribution in [0.1, 0.15) is 0 Å². The van der Waals surface area contributed by atoms with Crippen molar-refractivity contribution in [2.45, 2.75) is 0 Å². The van der Waals surface area contributed by atoms with Gasteiger partial charge in [-0.2, -0.15) is 0 Å². The van der Waals surface area contributed by atoms with Crippen molar-refractivity contribution in [2.24, 2.45) is 0 Å². The summed E-state index contributed by atoms with van der Waals surface area (Å²) in [6, 6.07) is 7.00. The average Bonchev–Trinajstić information content (AvgIpc) is 2.81. The molecule has 1 saturated heterocycles. The highest BCUT2D eigenvalue weighted by Crippen LogP contribution is 2.16. The number of thioether (sulfide) groups is 1. The number of amides is 1. The second-order valence-electron chi connectivity index (χ2n) is 3.44. The van der Waals surface area contributed by atoms with E-state index in [2.05, 4.69) is 0 Å². The topological polar surface area (TPSA) is 29.5 Å². The van der Waals surface area contributed by atoms with E-state index >= 15 is 0 Å². The largest absolute Gasteiger partial charge is 0.484 e. The molecule has 0 aromatic heterocycles.